The van der Waals surface area contributed by atoms with Gasteiger partial charge in [0.1, 0.15) is 0 Å². The number of carbonyl (C=O) groups is 2. The van der Waals surface area contributed by atoms with Crippen molar-refractivity contribution in [1.82, 2.24) is 4.90 Å². The third-order valence-electron chi connectivity index (χ3n) is 8.31. The molecule has 2 bridgehead atoms. The number of likely N-dealkylation sites (tertiary alicyclic amines) is 1. The van der Waals surface area contributed by atoms with Crippen LogP contribution < -0.4 is 10.6 Å². The Kier molecular flexibility index (Phi) is 4.35. The molecule has 3 saturated carbocycles. The molecule has 0 radical (unpaired) electrons. The van der Waals surface area contributed by atoms with Crippen molar-refractivity contribution in [2.45, 2.75) is 45.6 Å². The van der Waals surface area contributed by atoms with Gasteiger partial charge in [0.05, 0.1) is 11.3 Å². The standard InChI is InChI=1S/C24H31N3O2/c1-24(2)16-11-15(20(24)12-16)14-26-9-7-17(8-10-26)27-21-6-4-3-5-18(21)19(23(27)29)13-22(25)28/h3-6,13,15-17,20H,7-12,14H2,1-2H3,(H2,25,28)/b19-13-. The molecule has 5 heteroatoms. The minimum atomic E-state index is -0.572. The van der Waals surface area contributed by atoms with Crippen LogP contribution in [0.1, 0.15) is 45.1 Å². The lowest BCUT2D eigenvalue weighted by atomic mass is 9.60. The Hall–Kier alpha value is -2.14. The first-order valence-corrected chi connectivity index (χ1v) is 11.0. The number of para-hydroxylation sites is 1. The summed E-state index contributed by atoms with van der Waals surface area (Å²) < 4.78 is 0. The molecule has 0 aromatic heterocycles. The van der Waals surface area contributed by atoms with E-state index in [9.17, 15) is 9.59 Å². The van der Waals surface area contributed by atoms with Crippen molar-refractivity contribution in [2.75, 3.05) is 24.5 Å². The van der Waals surface area contributed by atoms with Crippen molar-refractivity contribution in [2.24, 2.45) is 28.9 Å². The molecule has 3 aliphatic carbocycles. The van der Waals surface area contributed by atoms with E-state index in [1.807, 2.05) is 29.2 Å². The number of anilines is 1. The van der Waals surface area contributed by atoms with Gasteiger partial charge in [-0.3, -0.25) is 9.59 Å². The zero-order valence-corrected chi connectivity index (χ0v) is 17.4. The normalized spacial score (nSPS) is 32.5. The highest BCUT2D eigenvalue weighted by Gasteiger charge is 2.58. The highest BCUT2D eigenvalue weighted by Crippen LogP contribution is 2.64. The molecule has 1 saturated heterocycles. The Balaban J connectivity index is 1.26. The van der Waals surface area contributed by atoms with E-state index in [-0.39, 0.29) is 11.9 Å². The van der Waals surface area contributed by atoms with Crippen LogP contribution in [0.2, 0.25) is 0 Å². The molecule has 29 heavy (non-hydrogen) atoms. The Morgan fingerprint density at radius 2 is 1.93 bits per heavy atom. The number of hydrogen-bond acceptors (Lipinski definition) is 3. The number of carbonyl (C=O) groups excluding carboxylic acids is 2. The van der Waals surface area contributed by atoms with Crippen LogP contribution >= 0.6 is 0 Å². The van der Waals surface area contributed by atoms with Gasteiger partial charge in [-0.2, -0.15) is 0 Å². The molecule has 5 aliphatic rings. The molecule has 1 aromatic rings. The Bertz CT molecular complexity index is 882. The van der Waals surface area contributed by atoms with Gasteiger partial charge in [0.25, 0.3) is 5.91 Å². The van der Waals surface area contributed by atoms with Crippen LogP contribution in [0.4, 0.5) is 5.69 Å². The molecule has 2 heterocycles. The first-order chi connectivity index (χ1) is 13.9. The number of fused-ring (bicyclic) bond motifs is 2. The average molecular weight is 394 g/mol. The van der Waals surface area contributed by atoms with Crippen LogP contribution in [0.15, 0.2) is 30.3 Å². The predicted octanol–water partition coefficient (Wildman–Crippen LogP) is 3.05. The number of nitrogens with zero attached hydrogens (tertiary/aromatic N) is 2. The summed E-state index contributed by atoms with van der Waals surface area (Å²) in [6.07, 6.45) is 6.07. The van der Waals surface area contributed by atoms with Crippen LogP contribution in [0, 0.1) is 23.2 Å². The minimum Gasteiger partial charge on any atom is -0.366 e. The van der Waals surface area contributed by atoms with Crippen LogP contribution in [-0.2, 0) is 9.59 Å². The Labute approximate surface area is 172 Å². The van der Waals surface area contributed by atoms with Gasteiger partial charge in [-0.05, 0) is 54.9 Å². The van der Waals surface area contributed by atoms with Crippen molar-refractivity contribution in [1.29, 1.82) is 0 Å². The molecule has 6 rings (SSSR count). The van der Waals surface area contributed by atoms with Gasteiger partial charge in [0, 0.05) is 37.3 Å². The Morgan fingerprint density at radius 1 is 1.21 bits per heavy atom. The van der Waals surface area contributed by atoms with E-state index in [0.29, 0.717) is 11.0 Å². The quantitative estimate of drug-likeness (QED) is 0.800. The van der Waals surface area contributed by atoms with E-state index in [1.165, 1.54) is 25.5 Å². The van der Waals surface area contributed by atoms with Crippen molar-refractivity contribution in [3.05, 3.63) is 35.9 Å². The van der Waals surface area contributed by atoms with Crippen molar-refractivity contribution in [3.8, 4) is 0 Å². The van der Waals surface area contributed by atoms with Gasteiger partial charge in [0.15, 0.2) is 0 Å². The number of piperidine rings is 1. The minimum absolute atomic E-state index is 0.0817. The zero-order chi connectivity index (χ0) is 20.3. The second kappa shape index (κ2) is 6.69. The molecular formula is C24H31N3O2. The molecule has 3 unspecified atom stereocenters. The molecule has 5 nitrogen and oxygen atoms in total. The van der Waals surface area contributed by atoms with Crippen LogP contribution in [0.25, 0.3) is 5.57 Å². The first kappa shape index (κ1) is 18.9. The fourth-order valence-corrected chi connectivity index (χ4v) is 6.59. The van der Waals surface area contributed by atoms with Crippen molar-refractivity contribution < 1.29 is 9.59 Å². The third-order valence-corrected chi connectivity index (χ3v) is 8.31. The summed E-state index contributed by atoms with van der Waals surface area (Å²) >= 11 is 0. The number of nitrogens with two attached hydrogens (primary N) is 1. The largest absolute Gasteiger partial charge is 0.366 e. The molecule has 0 spiro atoms. The zero-order valence-electron chi connectivity index (χ0n) is 17.4. The lowest BCUT2D eigenvalue weighted by Gasteiger charge is -2.46. The van der Waals surface area contributed by atoms with Crippen molar-refractivity contribution in [3.63, 3.8) is 0 Å². The highest BCUT2D eigenvalue weighted by atomic mass is 16.2. The molecular weight excluding hydrogens is 362 g/mol. The average Bonchev–Trinajstić information content (AvgIpc) is 3.32. The fourth-order valence-electron chi connectivity index (χ4n) is 6.59. The summed E-state index contributed by atoms with van der Waals surface area (Å²) in [7, 11) is 0. The molecule has 2 aliphatic heterocycles. The maximum Gasteiger partial charge on any atom is 0.259 e. The summed E-state index contributed by atoms with van der Waals surface area (Å²) in [4.78, 5) is 29.1. The van der Waals surface area contributed by atoms with E-state index in [0.717, 1.165) is 54.9 Å². The maximum absolute atomic E-state index is 13.1. The summed E-state index contributed by atoms with van der Waals surface area (Å²) in [6, 6.07) is 7.93. The van der Waals surface area contributed by atoms with Gasteiger partial charge in [-0.25, -0.2) is 0 Å². The van der Waals surface area contributed by atoms with Gasteiger partial charge >= 0.3 is 0 Å². The number of primary amides is 1. The highest BCUT2D eigenvalue weighted by molar-refractivity contribution is 6.35. The number of rotatable bonds is 4. The van der Waals surface area contributed by atoms with Gasteiger partial charge in [0.2, 0.25) is 5.91 Å². The van der Waals surface area contributed by atoms with E-state index >= 15 is 0 Å². The van der Waals surface area contributed by atoms with Crippen LogP contribution in [0.3, 0.4) is 0 Å². The second-order valence-electron chi connectivity index (χ2n) is 10.0. The smallest absolute Gasteiger partial charge is 0.259 e. The maximum atomic E-state index is 13.1. The van der Waals surface area contributed by atoms with E-state index in [2.05, 4.69) is 18.7 Å². The van der Waals surface area contributed by atoms with Crippen LogP contribution in [-0.4, -0.2) is 42.4 Å². The number of benzene rings is 1. The lowest BCUT2D eigenvalue weighted by Crippen LogP contribution is -2.48. The van der Waals surface area contributed by atoms with E-state index in [4.69, 9.17) is 5.73 Å². The predicted molar refractivity (Wildman–Crippen MR) is 114 cm³/mol. The summed E-state index contributed by atoms with van der Waals surface area (Å²) in [5.74, 6) is 2.04. The van der Waals surface area contributed by atoms with Crippen LogP contribution in [0.5, 0.6) is 0 Å². The second-order valence-corrected chi connectivity index (χ2v) is 10.0. The molecule has 1 aromatic carbocycles. The third kappa shape index (κ3) is 2.93. The molecule has 3 atom stereocenters. The summed E-state index contributed by atoms with van der Waals surface area (Å²) in [5.41, 5.74) is 8.08. The SMILES string of the molecule is CC1(C)C2CC(CN3CCC(N4C(=O)/C(=C\C(N)=O)c5ccccc54)CC3)C1C2. The van der Waals surface area contributed by atoms with E-state index < -0.39 is 5.91 Å². The van der Waals surface area contributed by atoms with Gasteiger partial charge in [-0.15, -0.1) is 0 Å². The van der Waals surface area contributed by atoms with E-state index in [1.54, 1.807) is 0 Å². The fraction of sp³-hybridized carbons (Fsp3) is 0.583. The lowest BCUT2D eigenvalue weighted by molar-refractivity contribution is -0.115. The monoisotopic (exact) mass is 393 g/mol. The molecule has 154 valence electrons. The molecule has 2 amide bonds. The summed E-state index contributed by atoms with van der Waals surface area (Å²) in [6.45, 7) is 8.20. The van der Waals surface area contributed by atoms with Gasteiger partial charge in [-0.1, -0.05) is 32.0 Å². The Morgan fingerprint density at radius 3 is 2.55 bits per heavy atom. The molecule has 4 fully saturated rings. The summed E-state index contributed by atoms with van der Waals surface area (Å²) in [5, 5.41) is 0. The topological polar surface area (TPSA) is 66.6 Å². The van der Waals surface area contributed by atoms with Crippen molar-refractivity contribution >= 4 is 23.1 Å². The number of hydrogen-bond donors (Lipinski definition) is 1. The van der Waals surface area contributed by atoms with Gasteiger partial charge < -0.3 is 15.5 Å². The number of amides is 2. The first-order valence-electron chi connectivity index (χ1n) is 11.0. The molecule has 2 N–H and O–H groups in total.